The SMILES string of the molecule is CN=C(NCc1ccc(N2CCCC2=O)cc1)NCc1ccc(Cl)nc1. The summed E-state index contributed by atoms with van der Waals surface area (Å²) in [5.74, 6) is 0.913. The van der Waals surface area contributed by atoms with Gasteiger partial charge in [-0.05, 0) is 35.7 Å². The molecule has 1 aromatic heterocycles. The molecule has 2 N–H and O–H groups in total. The number of nitrogens with one attached hydrogen (secondary N) is 2. The molecule has 26 heavy (non-hydrogen) atoms. The number of hydrogen-bond acceptors (Lipinski definition) is 3. The molecular formula is C19H22ClN5O. The summed E-state index contributed by atoms with van der Waals surface area (Å²) in [6.07, 6.45) is 3.32. The zero-order valence-corrected chi connectivity index (χ0v) is 15.5. The van der Waals surface area contributed by atoms with E-state index in [0.29, 0.717) is 30.6 Å². The Hall–Kier alpha value is -2.60. The minimum absolute atomic E-state index is 0.206. The Balaban J connectivity index is 1.50. The molecule has 7 heteroatoms. The van der Waals surface area contributed by atoms with Crippen LogP contribution in [-0.4, -0.2) is 30.4 Å². The molecule has 1 aliphatic heterocycles. The number of pyridine rings is 1. The van der Waals surface area contributed by atoms with E-state index in [-0.39, 0.29) is 5.91 Å². The average molecular weight is 372 g/mol. The molecule has 1 fully saturated rings. The normalized spacial score (nSPS) is 14.6. The van der Waals surface area contributed by atoms with Gasteiger partial charge in [-0.15, -0.1) is 0 Å². The zero-order chi connectivity index (χ0) is 18.4. The summed E-state index contributed by atoms with van der Waals surface area (Å²) in [4.78, 5) is 21.9. The molecule has 0 bridgehead atoms. The quantitative estimate of drug-likeness (QED) is 0.481. The molecular weight excluding hydrogens is 350 g/mol. The van der Waals surface area contributed by atoms with Crippen molar-refractivity contribution in [1.82, 2.24) is 15.6 Å². The van der Waals surface area contributed by atoms with Crippen LogP contribution in [0.15, 0.2) is 47.6 Å². The van der Waals surface area contributed by atoms with E-state index >= 15 is 0 Å². The van der Waals surface area contributed by atoms with Crippen molar-refractivity contribution in [1.29, 1.82) is 0 Å². The Bertz CT molecular complexity index is 774. The number of carbonyl (C=O) groups is 1. The number of amides is 1. The maximum absolute atomic E-state index is 11.8. The van der Waals surface area contributed by atoms with E-state index in [1.165, 1.54) is 0 Å². The van der Waals surface area contributed by atoms with Crippen LogP contribution >= 0.6 is 11.6 Å². The number of rotatable bonds is 5. The topological polar surface area (TPSA) is 69.6 Å². The second kappa shape index (κ2) is 8.67. The first-order valence-corrected chi connectivity index (χ1v) is 8.98. The molecule has 2 heterocycles. The second-order valence-electron chi connectivity index (χ2n) is 6.08. The van der Waals surface area contributed by atoms with Crippen LogP contribution in [0.3, 0.4) is 0 Å². The molecule has 0 saturated carbocycles. The number of aliphatic imine (C=N–C) groups is 1. The van der Waals surface area contributed by atoms with Crippen molar-refractivity contribution in [2.24, 2.45) is 4.99 Å². The number of guanidine groups is 1. The average Bonchev–Trinajstić information content (AvgIpc) is 3.10. The monoisotopic (exact) mass is 371 g/mol. The van der Waals surface area contributed by atoms with Crippen molar-refractivity contribution in [2.75, 3.05) is 18.5 Å². The van der Waals surface area contributed by atoms with Crippen LogP contribution in [0.4, 0.5) is 5.69 Å². The zero-order valence-electron chi connectivity index (χ0n) is 14.7. The summed E-state index contributed by atoms with van der Waals surface area (Å²) in [6.45, 7) is 2.07. The Labute approximate surface area is 158 Å². The highest BCUT2D eigenvalue weighted by Crippen LogP contribution is 2.21. The maximum Gasteiger partial charge on any atom is 0.227 e. The third-order valence-corrected chi connectivity index (χ3v) is 4.48. The van der Waals surface area contributed by atoms with Crippen LogP contribution in [0.25, 0.3) is 0 Å². The van der Waals surface area contributed by atoms with Crippen molar-refractivity contribution in [3.05, 3.63) is 58.9 Å². The molecule has 0 spiro atoms. The van der Waals surface area contributed by atoms with Crippen LogP contribution < -0.4 is 15.5 Å². The fraction of sp³-hybridized carbons (Fsp3) is 0.316. The third kappa shape index (κ3) is 4.73. The van der Waals surface area contributed by atoms with Crippen molar-refractivity contribution in [3.8, 4) is 0 Å². The largest absolute Gasteiger partial charge is 0.352 e. The molecule has 0 unspecified atom stereocenters. The van der Waals surface area contributed by atoms with Crippen molar-refractivity contribution >= 4 is 29.2 Å². The van der Waals surface area contributed by atoms with Gasteiger partial charge in [0.2, 0.25) is 5.91 Å². The molecule has 0 radical (unpaired) electrons. The summed E-state index contributed by atoms with van der Waals surface area (Å²) in [5, 5.41) is 7.00. The van der Waals surface area contributed by atoms with Crippen LogP contribution in [-0.2, 0) is 17.9 Å². The van der Waals surface area contributed by atoms with E-state index < -0.39 is 0 Å². The number of benzene rings is 1. The van der Waals surface area contributed by atoms with Crippen molar-refractivity contribution in [2.45, 2.75) is 25.9 Å². The lowest BCUT2D eigenvalue weighted by Crippen LogP contribution is -2.36. The Morgan fingerprint density at radius 2 is 1.85 bits per heavy atom. The standard InChI is InChI=1S/C19H22ClN5O/c1-21-19(24-13-15-6-9-17(20)22-12-15)23-11-14-4-7-16(8-5-14)25-10-2-3-18(25)26/h4-9,12H,2-3,10-11,13H2,1H3,(H2,21,23,24). The van der Waals surface area contributed by atoms with E-state index in [2.05, 4.69) is 20.6 Å². The lowest BCUT2D eigenvalue weighted by atomic mass is 10.2. The Morgan fingerprint density at radius 1 is 1.15 bits per heavy atom. The predicted molar refractivity (Wildman–Crippen MR) is 104 cm³/mol. The van der Waals surface area contributed by atoms with E-state index in [0.717, 1.165) is 29.8 Å². The first kappa shape index (κ1) is 18.2. The number of halogens is 1. The molecule has 1 saturated heterocycles. The molecule has 0 atom stereocenters. The number of carbonyl (C=O) groups excluding carboxylic acids is 1. The summed E-state index contributed by atoms with van der Waals surface area (Å²) in [7, 11) is 1.73. The van der Waals surface area contributed by atoms with Crippen LogP contribution in [0.2, 0.25) is 5.15 Å². The minimum Gasteiger partial charge on any atom is -0.352 e. The second-order valence-corrected chi connectivity index (χ2v) is 6.47. The van der Waals surface area contributed by atoms with Crippen molar-refractivity contribution in [3.63, 3.8) is 0 Å². The summed E-state index contributed by atoms with van der Waals surface area (Å²) in [6, 6.07) is 11.7. The molecule has 3 rings (SSSR count). The smallest absolute Gasteiger partial charge is 0.227 e. The van der Waals surface area contributed by atoms with Crippen LogP contribution in [0.1, 0.15) is 24.0 Å². The van der Waals surface area contributed by atoms with Gasteiger partial charge in [0.15, 0.2) is 5.96 Å². The van der Waals surface area contributed by atoms with Gasteiger partial charge in [0.05, 0.1) is 0 Å². The number of aromatic nitrogens is 1. The fourth-order valence-electron chi connectivity index (χ4n) is 2.82. The first-order valence-electron chi connectivity index (χ1n) is 8.60. The Morgan fingerprint density at radius 3 is 2.42 bits per heavy atom. The molecule has 1 aromatic carbocycles. The first-order chi connectivity index (χ1) is 12.7. The molecule has 1 amide bonds. The lowest BCUT2D eigenvalue weighted by molar-refractivity contribution is -0.117. The number of hydrogen-bond donors (Lipinski definition) is 2. The lowest BCUT2D eigenvalue weighted by Gasteiger charge is -2.16. The molecule has 0 aliphatic carbocycles. The van der Waals surface area contributed by atoms with E-state index in [9.17, 15) is 4.79 Å². The van der Waals surface area contributed by atoms with Crippen LogP contribution in [0.5, 0.6) is 0 Å². The van der Waals surface area contributed by atoms with Gasteiger partial charge in [-0.2, -0.15) is 0 Å². The molecule has 1 aliphatic rings. The van der Waals surface area contributed by atoms with Gasteiger partial charge in [0.25, 0.3) is 0 Å². The highest BCUT2D eigenvalue weighted by molar-refractivity contribution is 6.29. The van der Waals surface area contributed by atoms with Gasteiger partial charge in [0, 0.05) is 45.0 Å². The highest BCUT2D eigenvalue weighted by atomic mass is 35.5. The van der Waals surface area contributed by atoms with E-state index in [1.807, 2.05) is 35.2 Å². The molecule has 2 aromatic rings. The molecule has 6 nitrogen and oxygen atoms in total. The van der Waals surface area contributed by atoms with Crippen LogP contribution in [0, 0.1) is 0 Å². The fourth-order valence-corrected chi connectivity index (χ4v) is 2.93. The van der Waals surface area contributed by atoms with Gasteiger partial charge in [-0.1, -0.05) is 29.8 Å². The van der Waals surface area contributed by atoms with Gasteiger partial charge in [-0.3, -0.25) is 9.79 Å². The van der Waals surface area contributed by atoms with Gasteiger partial charge >= 0.3 is 0 Å². The minimum atomic E-state index is 0.206. The van der Waals surface area contributed by atoms with E-state index in [4.69, 9.17) is 11.6 Å². The Kier molecular flexibility index (Phi) is 6.07. The number of nitrogens with zero attached hydrogens (tertiary/aromatic N) is 3. The van der Waals surface area contributed by atoms with Gasteiger partial charge < -0.3 is 15.5 Å². The molecule has 136 valence electrons. The summed E-state index contributed by atoms with van der Waals surface area (Å²) >= 11 is 5.79. The highest BCUT2D eigenvalue weighted by Gasteiger charge is 2.21. The third-order valence-electron chi connectivity index (χ3n) is 4.25. The summed E-state index contributed by atoms with van der Waals surface area (Å²) in [5.41, 5.74) is 3.11. The number of anilines is 1. The van der Waals surface area contributed by atoms with E-state index in [1.54, 1.807) is 19.3 Å². The van der Waals surface area contributed by atoms with Crippen molar-refractivity contribution < 1.29 is 4.79 Å². The maximum atomic E-state index is 11.8. The summed E-state index contributed by atoms with van der Waals surface area (Å²) < 4.78 is 0. The van der Waals surface area contributed by atoms with Gasteiger partial charge in [-0.25, -0.2) is 4.98 Å². The van der Waals surface area contributed by atoms with Gasteiger partial charge in [0.1, 0.15) is 5.15 Å². The predicted octanol–water partition coefficient (Wildman–Crippen LogP) is 2.73.